The van der Waals surface area contributed by atoms with Crippen LogP contribution in [0.25, 0.3) is 0 Å². The third-order valence-electron chi connectivity index (χ3n) is 8.13. The molecule has 0 bridgehead atoms. The minimum Gasteiger partial charge on any atom is -0.394 e. The topological polar surface area (TPSA) is 110 Å². The molecule has 0 heterocycles. The van der Waals surface area contributed by atoms with E-state index in [1.807, 2.05) is 0 Å². The smallest absolute Gasteiger partial charge is 0.249 e. The summed E-state index contributed by atoms with van der Waals surface area (Å²) in [7, 11) is 0. The number of aliphatic hydroxyl groups is 4. The quantitative estimate of drug-likeness (QED) is 0.0411. The van der Waals surface area contributed by atoms with Crippen LogP contribution in [0.3, 0.4) is 0 Å². The van der Waals surface area contributed by atoms with Gasteiger partial charge in [0.1, 0.15) is 12.2 Å². The molecule has 1 amide bonds. The average molecular weight is 596 g/mol. The molecule has 42 heavy (non-hydrogen) atoms. The molecule has 4 atom stereocenters. The maximum absolute atomic E-state index is 12.3. The van der Waals surface area contributed by atoms with Crippen LogP contribution in [0.2, 0.25) is 0 Å². The Kier molecular flexibility index (Phi) is 30.3. The third kappa shape index (κ3) is 25.3. The third-order valence-corrected chi connectivity index (χ3v) is 8.13. The SMILES string of the molecule is CCCC/C=C\CCCCCC(O)C(=O)NC(CO)C(O)C(O)CCC/C=C/CCCCCCCCCCCCCC. The fourth-order valence-corrected chi connectivity index (χ4v) is 5.21. The lowest BCUT2D eigenvalue weighted by atomic mass is 10.00. The number of amides is 1. The predicted octanol–water partition coefficient (Wildman–Crippen LogP) is 8.06. The van der Waals surface area contributed by atoms with Crippen molar-refractivity contribution in [3.63, 3.8) is 0 Å². The van der Waals surface area contributed by atoms with E-state index in [0.717, 1.165) is 51.4 Å². The van der Waals surface area contributed by atoms with Crippen LogP contribution in [-0.4, -0.2) is 57.3 Å². The van der Waals surface area contributed by atoms with E-state index in [2.05, 4.69) is 43.5 Å². The Hall–Kier alpha value is -1.21. The fourth-order valence-electron chi connectivity index (χ4n) is 5.21. The second-order valence-corrected chi connectivity index (χ2v) is 12.2. The number of hydrogen-bond donors (Lipinski definition) is 5. The van der Waals surface area contributed by atoms with Crippen LogP contribution in [0.15, 0.2) is 24.3 Å². The van der Waals surface area contributed by atoms with Crippen molar-refractivity contribution in [1.29, 1.82) is 0 Å². The first-order valence-electron chi connectivity index (χ1n) is 17.7. The molecule has 0 saturated carbocycles. The van der Waals surface area contributed by atoms with Gasteiger partial charge in [-0.3, -0.25) is 4.79 Å². The highest BCUT2D eigenvalue weighted by molar-refractivity contribution is 5.80. The summed E-state index contributed by atoms with van der Waals surface area (Å²) in [6.45, 7) is 3.95. The van der Waals surface area contributed by atoms with Crippen LogP contribution in [0.4, 0.5) is 0 Å². The van der Waals surface area contributed by atoms with Crippen molar-refractivity contribution in [2.75, 3.05) is 6.61 Å². The Bertz CT molecular complexity index is 638. The lowest BCUT2D eigenvalue weighted by Gasteiger charge is -2.27. The summed E-state index contributed by atoms with van der Waals surface area (Å²) < 4.78 is 0. The molecular formula is C36H69NO5. The number of carbonyl (C=O) groups excluding carboxylic acids is 1. The summed E-state index contributed by atoms with van der Waals surface area (Å²) in [5.41, 5.74) is 0. The first kappa shape index (κ1) is 40.8. The monoisotopic (exact) mass is 596 g/mol. The van der Waals surface area contributed by atoms with Crippen molar-refractivity contribution in [1.82, 2.24) is 5.32 Å². The highest BCUT2D eigenvalue weighted by atomic mass is 16.3. The normalized spacial score (nSPS) is 14.9. The van der Waals surface area contributed by atoms with Crippen LogP contribution < -0.4 is 5.32 Å². The van der Waals surface area contributed by atoms with Crippen molar-refractivity contribution in [2.24, 2.45) is 0 Å². The van der Waals surface area contributed by atoms with E-state index in [1.54, 1.807) is 0 Å². The molecular weight excluding hydrogens is 526 g/mol. The number of unbranched alkanes of at least 4 members (excludes halogenated alkanes) is 18. The van der Waals surface area contributed by atoms with E-state index in [-0.39, 0.29) is 0 Å². The van der Waals surface area contributed by atoms with Gasteiger partial charge in [-0.1, -0.05) is 134 Å². The minimum atomic E-state index is -1.28. The van der Waals surface area contributed by atoms with Gasteiger partial charge in [-0.05, 0) is 57.8 Å². The summed E-state index contributed by atoms with van der Waals surface area (Å²) in [6.07, 6.45) is 32.1. The van der Waals surface area contributed by atoms with Crippen molar-refractivity contribution >= 4 is 5.91 Å². The molecule has 0 saturated heterocycles. The summed E-state index contributed by atoms with van der Waals surface area (Å²) in [5.74, 6) is -0.611. The number of carbonyl (C=O) groups is 1. The highest BCUT2D eigenvalue weighted by Crippen LogP contribution is 2.14. The number of rotatable bonds is 31. The van der Waals surface area contributed by atoms with E-state index >= 15 is 0 Å². The maximum atomic E-state index is 12.3. The molecule has 5 N–H and O–H groups in total. The van der Waals surface area contributed by atoms with Crippen LogP contribution >= 0.6 is 0 Å². The zero-order chi connectivity index (χ0) is 31.1. The van der Waals surface area contributed by atoms with Crippen LogP contribution in [0.5, 0.6) is 0 Å². The van der Waals surface area contributed by atoms with Gasteiger partial charge in [0, 0.05) is 0 Å². The summed E-state index contributed by atoms with van der Waals surface area (Å²) in [6, 6.07) is -1.00. The van der Waals surface area contributed by atoms with Crippen molar-refractivity contribution < 1.29 is 25.2 Å². The maximum Gasteiger partial charge on any atom is 0.249 e. The lowest BCUT2D eigenvalue weighted by Crippen LogP contribution is -2.53. The van der Waals surface area contributed by atoms with Crippen LogP contribution in [0.1, 0.15) is 168 Å². The standard InChI is InChI=1S/C36H69NO5/c1-3-5-7-9-11-13-14-15-16-17-18-19-20-22-23-25-27-29-33(39)35(41)32(31-38)37-36(42)34(40)30-28-26-24-21-12-10-8-6-4-2/h10,12,22-23,32-35,38-41H,3-9,11,13-21,24-31H2,1-2H3,(H,37,42)/b12-10-,23-22+. The van der Waals surface area contributed by atoms with E-state index in [9.17, 15) is 25.2 Å². The summed E-state index contributed by atoms with van der Waals surface area (Å²) >= 11 is 0. The molecule has 0 rings (SSSR count). The second-order valence-electron chi connectivity index (χ2n) is 12.2. The van der Waals surface area contributed by atoms with Crippen molar-refractivity contribution in [3.8, 4) is 0 Å². The van der Waals surface area contributed by atoms with Crippen LogP contribution in [-0.2, 0) is 4.79 Å². The van der Waals surface area contributed by atoms with Gasteiger partial charge >= 0.3 is 0 Å². The molecule has 0 spiro atoms. The number of aliphatic hydroxyl groups excluding tert-OH is 4. The largest absolute Gasteiger partial charge is 0.394 e. The molecule has 6 heteroatoms. The van der Waals surface area contributed by atoms with Gasteiger partial charge in [-0.15, -0.1) is 0 Å². The Balaban J connectivity index is 3.87. The molecule has 0 aromatic carbocycles. The predicted molar refractivity (Wildman–Crippen MR) is 177 cm³/mol. The fraction of sp³-hybridized carbons (Fsp3) is 0.861. The molecule has 0 fully saturated rings. The highest BCUT2D eigenvalue weighted by Gasteiger charge is 2.28. The molecule has 6 nitrogen and oxygen atoms in total. The van der Waals surface area contributed by atoms with E-state index < -0.39 is 36.9 Å². The molecule has 0 radical (unpaired) electrons. The van der Waals surface area contributed by atoms with Gasteiger partial charge in [0.05, 0.1) is 18.8 Å². The Labute approximate surface area is 259 Å². The zero-order valence-electron chi connectivity index (χ0n) is 27.5. The Morgan fingerprint density at radius 1 is 0.571 bits per heavy atom. The first-order chi connectivity index (χ1) is 20.5. The second kappa shape index (κ2) is 31.2. The van der Waals surface area contributed by atoms with E-state index in [4.69, 9.17) is 0 Å². The molecule has 248 valence electrons. The zero-order valence-corrected chi connectivity index (χ0v) is 27.5. The van der Waals surface area contributed by atoms with Crippen LogP contribution in [0, 0.1) is 0 Å². The van der Waals surface area contributed by atoms with Crippen molar-refractivity contribution in [2.45, 2.75) is 192 Å². The lowest BCUT2D eigenvalue weighted by molar-refractivity contribution is -0.132. The number of hydrogen-bond acceptors (Lipinski definition) is 5. The van der Waals surface area contributed by atoms with Gasteiger partial charge < -0.3 is 25.7 Å². The Morgan fingerprint density at radius 3 is 1.50 bits per heavy atom. The summed E-state index contributed by atoms with van der Waals surface area (Å²) in [5, 5.41) is 43.2. The van der Waals surface area contributed by atoms with Gasteiger partial charge in [0.2, 0.25) is 5.91 Å². The average Bonchev–Trinajstić information content (AvgIpc) is 2.99. The molecule has 0 aliphatic heterocycles. The first-order valence-corrected chi connectivity index (χ1v) is 17.7. The van der Waals surface area contributed by atoms with E-state index in [1.165, 1.54) is 89.9 Å². The molecule has 0 aromatic rings. The Morgan fingerprint density at radius 2 is 1.00 bits per heavy atom. The molecule has 0 aromatic heterocycles. The van der Waals surface area contributed by atoms with Gasteiger partial charge in [-0.25, -0.2) is 0 Å². The van der Waals surface area contributed by atoms with Gasteiger partial charge in [0.25, 0.3) is 0 Å². The molecule has 4 unspecified atom stereocenters. The molecule has 0 aliphatic carbocycles. The van der Waals surface area contributed by atoms with Gasteiger partial charge in [0.15, 0.2) is 0 Å². The molecule has 0 aliphatic rings. The van der Waals surface area contributed by atoms with E-state index in [0.29, 0.717) is 12.8 Å². The van der Waals surface area contributed by atoms with Gasteiger partial charge in [-0.2, -0.15) is 0 Å². The van der Waals surface area contributed by atoms with Crippen molar-refractivity contribution in [3.05, 3.63) is 24.3 Å². The number of allylic oxidation sites excluding steroid dienone is 4. The minimum absolute atomic E-state index is 0.341. The number of nitrogens with one attached hydrogen (secondary N) is 1. The summed E-state index contributed by atoms with van der Waals surface area (Å²) in [4.78, 5) is 12.3.